The van der Waals surface area contributed by atoms with E-state index in [0.29, 0.717) is 44.5 Å². The third-order valence-electron chi connectivity index (χ3n) is 21.2. The van der Waals surface area contributed by atoms with E-state index in [1.54, 1.807) is 13.8 Å². The molecule has 0 aliphatic heterocycles. The second-order valence-corrected chi connectivity index (χ2v) is 27.7. The molecule has 0 amide bonds. The van der Waals surface area contributed by atoms with Gasteiger partial charge >= 0.3 is 18.9 Å². The monoisotopic (exact) mass is 1410 g/mol. The van der Waals surface area contributed by atoms with Gasteiger partial charge < -0.3 is 12.3 Å². The van der Waals surface area contributed by atoms with Crippen LogP contribution in [0.1, 0.15) is 127 Å². The molecule has 4 nitrogen and oxygen atoms in total. The molecule has 0 radical (unpaired) electrons. The molecule has 512 valence electrons. The van der Waals surface area contributed by atoms with Crippen molar-refractivity contribution in [3.8, 4) is 87.9 Å². The second-order valence-electron chi connectivity index (χ2n) is 27.7. The molecule has 0 heterocycles. The second kappa shape index (κ2) is 29.1. The predicted molar refractivity (Wildman–Crippen MR) is 458 cm³/mol. The molecule has 2 aliphatic carbocycles. The molecule has 0 saturated heterocycles. The smallest absolute Gasteiger partial charge is 0.694 e. The molecule has 0 bridgehead atoms. The first-order valence-electron chi connectivity index (χ1n) is 36.4. The standard InChI is InChI=1S/C56H34.C44H22O4.C3H4.C3H3.Li/c1-5-13-45-49-27-35-17-9-11-19-37(35)29-51(49)47(15-7-3)55-33-43-25-39(21-23-41(43)31-53(45)55)40-22-24-42-32-54-46(14-6-2)50-28-36-18-10-12-20-38(36)30-52(50)48(16-8-4)56(54)34-44(42)26-40;45-41-33-15-23-5-1-3-7-25(23)17-35(33)43(47)39-21-31-13-27(9-11-29(31)19-37(39)41)28-10-12-30-20-38-40(22-32(30)14-28)44(48)36-18-26-8-4-2-6-24(26)16-34(36)42(38)46;2*1-3-2;/h9-12,17-34H,1-4H3;1-22H;1H,2H3;1H3;/q;;;-1;+1. The molecule has 0 saturated carbocycles. The summed E-state index contributed by atoms with van der Waals surface area (Å²) in [4.78, 5) is 54.8. The summed E-state index contributed by atoms with van der Waals surface area (Å²) in [6.07, 6.45) is 10.6. The maximum absolute atomic E-state index is 13.7. The Morgan fingerprint density at radius 2 is 0.369 bits per heavy atom. The molecule has 18 aromatic carbocycles. The van der Waals surface area contributed by atoms with E-state index in [1.165, 1.54) is 54.2 Å². The predicted octanol–water partition coefficient (Wildman–Crippen LogP) is 21.8. The van der Waals surface area contributed by atoms with Crippen molar-refractivity contribution >= 4 is 152 Å². The van der Waals surface area contributed by atoms with Gasteiger partial charge in [-0.3, -0.25) is 19.2 Å². The van der Waals surface area contributed by atoms with Crippen molar-refractivity contribution in [2.75, 3.05) is 0 Å². The summed E-state index contributed by atoms with van der Waals surface area (Å²) in [7, 11) is 0. The van der Waals surface area contributed by atoms with Gasteiger partial charge in [0.05, 0.1) is 0 Å². The molecule has 2 aliphatic rings. The van der Waals surface area contributed by atoms with E-state index in [0.717, 1.165) is 120 Å². The van der Waals surface area contributed by atoms with Crippen LogP contribution < -0.4 is 18.9 Å². The van der Waals surface area contributed by atoms with Gasteiger partial charge in [0.2, 0.25) is 0 Å². The number of carbonyl (C=O) groups excluding carboxylic acids is 4. The fourth-order valence-corrected chi connectivity index (χ4v) is 16.2. The van der Waals surface area contributed by atoms with E-state index in [2.05, 4.69) is 193 Å². The zero-order chi connectivity index (χ0) is 75.6. The van der Waals surface area contributed by atoms with E-state index in [1.807, 2.05) is 167 Å². The van der Waals surface area contributed by atoms with Gasteiger partial charge in [-0.1, -0.05) is 169 Å². The molecule has 0 unspecified atom stereocenters. The minimum absolute atomic E-state index is 0. The molecular weight excluding hydrogens is 1340 g/mol. The zero-order valence-electron chi connectivity index (χ0n) is 62.1. The quantitative estimate of drug-likeness (QED) is 0.0749. The number of hydrogen-bond donors (Lipinski definition) is 0. The molecule has 0 aromatic heterocycles. The van der Waals surface area contributed by atoms with Crippen molar-refractivity contribution in [3.63, 3.8) is 0 Å². The summed E-state index contributed by atoms with van der Waals surface area (Å²) < 4.78 is 0. The van der Waals surface area contributed by atoms with E-state index in [4.69, 9.17) is 6.42 Å². The Labute approximate surface area is 655 Å². The van der Waals surface area contributed by atoms with Gasteiger partial charge in [-0.05, 0) is 314 Å². The van der Waals surface area contributed by atoms with Crippen LogP contribution in [0.4, 0.5) is 0 Å². The van der Waals surface area contributed by atoms with Crippen LogP contribution in [0, 0.1) is 72.1 Å². The van der Waals surface area contributed by atoms with Crippen LogP contribution in [0.2, 0.25) is 0 Å². The third kappa shape index (κ3) is 12.3. The maximum Gasteiger partial charge on any atom is 1.00 e. The minimum atomic E-state index is -0.151. The maximum atomic E-state index is 13.7. The van der Waals surface area contributed by atoms with Gasteiger partial charge in [0.15, 0.2) is 23.1 Å². The Morgan fingerprint density at radius 1 is 0.225 bits per heavy atom. The first kappa shape index (κ1) is 71.0. The normalized spacial score (nSPS) is 11.6. The number of rotatable bonds is 2. The minimum Gasteiger partial charge on any atom is -0.694 e. The summed E-state index contributed by atoms with van der Waals surface area (Å²) in [5, 5.41) is 25.7. The van der Waals surface area contributed by atoms with E-state index < -0.39 is 0 Å². The van der Waals surface area contributed by atoms with E-state index in [9.17, 15) is 19.2 Å². The summed E-state index contributed by atoms with van der Waals surface area (Å²) in [6.45, 7) is 10.9. The van der Waals surface area contributed by atoms with Gasteiger partial charge in [0.25, 0.3) is 0 Å². The number of hydrogen-bond acceptors (Lipinski definition) is 4. The number of fused-ring (bicyclic) bond motifs is 16. The number of terminal acetylenes is 1. The molecule has 20 rings (SSSR count). The summed E-state index contributed by atoms with van der Waals surface area (Å²) >= 11 is 0. The average Bonchev–Trinajstić information content (AvgIpc) is 0.502. The fraction of sp³-hybridized carbons (Fsp3) is 0.0566. The fourth-order valence-electron chi connectivity index (χ4n) is 16.2. The van der Waals surface area contributed by atoms with Gasteiger partial charge in [0, 0.05) is 66.8 Å². The van der Waals surface area contributed by atoms with Crippen LogP contribution in [0.25, 0.3) is 152 Å². The van der Waals surface area contributed by atoms with Crippen LogP contribution in [0.3, 0.4) is 0 Å². The Hall–Kier alpha value is -14.3. The SMILES string of the molecule is C#CC.CC#Cc1c2cc3ccccc3cc2c(C#CC)c2cc3cc(-c4ccc5cc6c(C#CC)c7cc8ccccc8cc7c(C#CC)c6cc5c4)ccc3cc12.O=C1c2cc3ccccc3cc2C(=O)c2cc3cc(-c4ccc5cc6c(cc5c4)C(=O)c4cc5ccccc5cc4C6=O)ccc3cc21.[C-]#CC.[Li+]. The number of benzene rings is 18. The van der Waals surface area contributed by atoms with Crippen molar-refractivity contribution in [1.29, 1.82) is 0 Å². The van der Waals surface area contributed by atoms with Crippen molar-refractivity contribution in [1.82, 2.24) is 0 Å². The van der Waals surface area contributed by atoms with Gasteiger partial charge in [-0.15, -0.1) is 36.0 Å². The Kier molecular flexibility index (Phi) is 18.6. The van der Waals surface area contributed by atoms with Crippen LogP contribution in [0.15, 0.2) is 267 Å². The van der Waals surface area contributed by atoms with Crippen LogP contribution in [-0.4, -0.2) is 23.1 Å². The topological polar surface area (TPSA) is 68.3 Å². The Morgan fingerprint density at radius 3 is 0.559 bits per heavy atom. The van der Waals surface area contributed by atoms with Gasteiger partial charge in [0.1, 0.15) is 0 Å². The molecule has 0 atom stereocenters. The molecule has 0 spiro atoms. The average molecular weight is 1410 g/mol. The van der Waals surface area contributed by atoms with Crippen LogP contribution in [-0.2, 0) is 0 Å². The largest absolute Gasteiger partial charge is 1.00 e. The first-order chi connectivity index (χ1) is 53.8. The molecule has 0 fully saturated rings. The molecular formula is C106H63LiO4. The van der Waals surface area contributed by atoms with Crippen molar-refractivity contribution in [3.05, 3.63) is 340 Å². The molecule has 0 N–H and O–H groups in total. The van der Waals surface area contributed by atoms with Crippen molar-refractivity contribution in [2.24, 2.45) is 0 Å². The Bertz CT molecular complexity index is 7160. The Balaban J connectivity index is 0.000000157. The van der Waals surface area contributed by atoms with Crippen LogP contribution >= 0.6 is 0 Å². The number of carbonyl (C=O) groups is 4. The zero-order valence-corrected chi connectivity index (χ0v) is 62.1. The van der Waals surface area contributed by atoms with Crippen molar-refractivity contribution < 1.29 is 38.0 Å². The van der Waals surface area contributed by atoms with Crippen LogP contribution in [0.5, 0.6) is 0 Å². The summed E-state index contributed by atoms with van der Waals surface area (Å²) in [6, 6.07) is 91.1. The summed E-state index contributed by atoms with van der Waals surface area (Å²) in [5.74, 6) is 30.5. The molecule has 5 heteroatoms. The van der Waals surface area contributed by atoms with E-state index >= 15 is 0 Å². The molecule has 111 heavy (non-hydrogen) atoms. The first-order valence-corrected chi connectivity index (χ1v) is 36.4. The third-order valence-corrected chi connectivity index (χ3v) is 21.2. The van der Waals surface area contributed by atoms with E-state index in [-0.39, 0.29) is 42.0 Å². The number of ketones is 4. The van der Waals surface area contributed by atoms with Gasteiger partial charge in [-0.2, -0.15) is 0 Å². The molecule has 18 aromatic rings. The van der Waals surface area contributed by atoms with Gasteiger partial charge in [-0.25, -0.2) is 0 Å². The van der Waals surface area contributed by atoms with Crippen molar-refractivity contribution in [2.45, 2.75) is 41.5 Å². The summed E-state index contributed by atoms with van der Waals surface area (Å²) in [5.41, 5.74) is 11.8.